The van der Waals surface area contributed by atoms with E-state index in [1.54, 1.807) is 6.08 Å². The lowest BCUT2D eigenvalue weighted by atomic mass is 10.4. The van der Waals surface area contributed by atoms with Crippen molar-refractivity contribution < 1.29 is 18.7 Å². The minimum absolute atomic E-state index is 0.00290. The van der Waals surface area contributed by atoms with Gasteiger partial charge in [-0.15, -0.1) is 0 Å². The predicted octanol–water partition coefficient (Wildman–Crippen LogP) is -0.308. The molecule has 0 saturated heterocycles. The number of esters is 1. The Hall–Kier alpha value is -2.22. The van der Waals surface area contributed by atoms with Crippen LogP contribution in [0.2, 0.25) is 0 Å². The highest BCUT2D eigenvalue weighted by atomic mass is 19.1. The summed E-state index contributed by atoms with van der Waals surface area (Å²) in [6.45, 7) is 1.26. The zero-order valence-electron chi connectivity index (χ0n) is 9.96. The quantitative estimate of drug-likeness (QED) is 0.601. The maximum atomic E-state index is 13.1. The Labute approximate surface area is 106 Å². The summed E-state index contributed by atoms with van der Waals surface area (Å²) in [5.41, 5.74) is -1.87. The first kappa shape index (κ1) is 13.2. The smallest absolute Gasteiger partial charge is 0.330 e. The normalized spacial score (nSPS) is 21.6. The molecule has 1 aliphatic heterocycles. The van der Waals surface area contributed by atoms with Crippen molar-refractivity contribution in [2.24, 2.45) is 0 Å². The van der Waals surface area contributed by atoms with Crippen molar-refractivity contribution in [1.29, 1.82) is 0 Å². The summed E-state index contributed by atoms with van der Waals surface area (Å²) in [4.78, 5) is 34.9. The molecule has 1 N–H and O–H groups in total. The number of hydrogen-bond acceptors (Lipinski definition) is 5. The van der Waals surface area contributed by atoms with Crippen LogP contribution >= 0.6 is 0 Å². The van der Waals surface area contributed by atoms with Crippen LogP contribution in [-0.4, -0.2) is 28.2 Å². The number of hydrogen-bond donors (Lipinski definition) is 1. The van der Waals surface area contributed by atoms with E-state index in [2.05, 4.69) is 0 Å². The molecule has 1 aliphatic rings. The van der Waals surface area contributed by atoms with Gasteiger partial charge < -0.3 is 9.47 Å². The number of carbonyl (C=O) groups excluding carboxylic acids is 1. The molecule has 7 nitrogen and oxygen atoms in total. The average molecular weight is 270 g/mol. The second kappa shape index (κ2) is 5.19. The maximum absolute atomic E-state index is 13.1. The summed E-state index contributed by atoms with van der Waals surface area (Å²) in [6.07, 6.45) is 2.50. The molecule has 2 atom stereocenters. The fourth-order valence-electron chi connectivity index (χ4n) is 1.59. The Morgan fingerprint density at radius 2 is 2.26 bits per heavy atom. The van der Waals surface area contributed by atoms with E-state index >= 15 is 0 Å². The number of ether oxygens (including phenoxy) is 2. The van der Waals surface area contributed by atoms with E-state index < -0.39 is 35.4 Å². The molecule has 1 aromatic rings. The van der Waals surface area contributed by atoms with Crippen LogP contribution in [-0.2, 0) is 14.3 Å². The third kappa shape index (κ3) is 2.97. The predicted molar refractivity (Wildman–Crippen MR) is 61.0 cm³/mol. The molecule has 0 radical (unpaired) electrons. The topological polar surface area (TPSA) is 90.4 Å². The number of rotatable bonds is 3. The minimum atomic E-state index is -1.08. The van der Waals surface area contributed by atoms with Crippen LogP contribution in [0, 0.1) is 5.82 Å². The minimum Gasteiger partial charge on any atom is -0.463 e. The summed E-state index contributed by atoms with van der Waals surface area (Å²) in [7, 11) is 0. The van der Waals surface area contributed by atoms with Crippen molar-refractivity contribution in [3.8, 4) is 0 Å². The first-order chi connectivity index (χ1) is 8.97. The van der Waals surface area contributed by atoms with Gasteiger partial charge >= 0.3 is 11.7 Å². The van der Waals surface area contributed by atoms with Crippen LogP contribution in [0.5, 0.6) is 0 Å². The lowest BCUT2D eigenvalue weighted by Gasteiger charge is -2.15. The van der Waals surface area contributed by atoms with Crippen molar-refractivity contribution >= 4 is 5.97 Å². The summed E-state index contributed by atoms with van der Waals surface area (Å²) >= 11 is 0. The van der Waals surface area contributed by atoms with Crippen molar-refractivity contribution in [3.05, 3.63) is 45.0 Å². The van der Waals surface area contributed by atoms with Crippen LogP contribution in [0.25, 0.3) is 0 Å². The van der Waals surface area contributed by atoms with Crippen LogP contribution in [0.15, 0.2) is 27.9 Å². The van der Waals surface area contributed by atoms with Gasteiger partial charge in [-0.3, -0.25) is 19.1 Å². The molecule has 8 heteroatoms. The fourth-order valence-corrected chi connectivity index (χ4v) is 1.59. The highest BCUT2D eigenvalue weighted by molar-refractivity contribution is 5.65. The molecular formula is C11H11FN2O5. The molecule has 0 saturated carbocycles. The highest BCUT2D eigenvalue weighted by Crippen LogP contribution is 2.19. The van der Waals surface area contributed by atoms with E-state index in [0.29, 0.717) is 0 Å². The Kier molecular flexibility index (Phi) is 3.61. The lowest BCUT2D eigenvalue weighted by molar-refractivity contribution is -0.145. The largest absolute Gasteiger partial charge is 0.463 e. The number of nitrogens with one attached hydrogen (secondary N) is 1. The van der Waals surface area contributed by atoms with Gasteiger partial charge in [-0.1, -0.05) is 6.08 Å². The van der Waals surface area contributed by atoms with Gasteiger partial charge in [0.25, 0.3) is 5.56 Å². The Bertz CT molecular complexity index is 633. The molecule has 0 spiro atoms. The van der Waals surface area contributed by atoms with E-state index in [1.807, 2.05) is 4.98 Å². The van der Waals surface area contributed by atoms with E-state index in [4.69, 9.17) is 9.47 Å². The van der Waals surface area contributed by atoms with Gasteiger partial charge in [0.05, 0.1) is 6.20 Å². The molecule has 2 rings (SSSR count). The van der Waals surface area contributed by atoms with Gasteiger partial charge in [-0.25, -0.2) is 4.79 Å². The van der Waals surface area contributed by atoms with E-state index in [1.165, 1.54) is 13.0 Å². The first-order valence-corrected chi connectivity index (χ1v) is 5.45. The van der Waals surface area contributed by atoms with Crippen LogP contribution in [0.1, 0.15) is 13.2 Å². The summed E-state index contributed by atoms with van der Waals surface area (Å²) in [5.74, 6) is -1.53. The molecule has 0 unspecified atom stereocenters. The number of H-pyrrole nitrogens is 1. The maximum Gasteiger partial charge on any atom is 0.330 e. The average Bonchev–Trinajstić information content (AvgIpc) is 2.80. The molecule has 0 aromatic carbocycles. The van der Waals surface area contributed by atoms with E-state index in [-0.39, 0.29) is 6.61 Å². The summed E-state index contributed by atoms with van der Waals surface area (Å²) in [6, 6.07) is 0. The van der Waals surface area contributed by atoms with Gasteiger partial charge in [0, 0.05) is 6.92 Å². The molecular weight excluding hydrogens is 259 g/mol. The fraction of sp³-hybridized carbons (Fsp3) is 0.364. The standard InChI is InChI=1S/C11H11FN2O5/c1-6(15)18-5-7-2-3-9(19-7)14-4-8(12)10(16)13-11(14)17/h2-4,7,9H,5H2,1H3,(H,13,16,17)/t7-,9+/m0/s1. The Morgan fingerprint density at radius 1 is 1.53 bits per heavy atom. The van der Waals surface area contributed by atoms with E-state index in [9.17, 15) is 18.8 Å². The second-order valence-electron chi connectivity index (χ2n) is 3.90. The number of halogens is 1. The number of aromatic nitrogens is 2. The van der Waals surface area contributed by atoms with Gasteiger partial charge in [0.2, 0.25) is 5.82 Å². The third-order valence-corrected chi connectivity index (χ3v) is 2.45. The van der Waals surface area contributed by atoms with Gasteiger partial charge in [0.1, 0.15) is 12.7 Å². The van der Waals surface area contributed by atoms with Gasteiger partial charge in [-0.2, -0.15) is 4.39 Å². The summed E-state index contributed by atoms with van der Waals surface area (Å²) < 4.78 is 24.1. The highest BCUT2D eigenvalue weighted by Gasteiger charge is 2.23. The zero-order chi connectivity index (χ0) is 14.0. The van der Waals surface area contributed by atoms with Crippen molar-refractivity contribution in [1.82, 2.24) is 9.55 Å². The van der Waals surface area contributed by atoms with Gasteiger partial charge in [0.15, 0.2) is 6.23 Å². The van der Waals surface area contributed by atoms with Crippen molar-refractivity contribution in [2.45, 2.75) is 19.3 Å². The van der Waals surface area contributed by atoms with Crippen LogP contribution < -0.4 is 11.2 Å². The molecule has 19 heavy (non-hydrogen) atoms. The van der Waals surface area contributed by atoms with Gasteiger partial charge in [-0.05, 0) is 6.08 Å². The Balaban J connectivity index is 2.12. The number of carbonyl (C=O) groups is 1. The molecule has 2 heterocycles. The van der Waals surface area contributed by atoms with Crippen LogP contribution in [0.3, 0.4) is 0 Å². The van der Waals surface area contributed by atoms with E-state index in [0.717, 1.165) is 10.8 Å². The van der Waals surface area contributed by atoms with Crippen molar-refractivity contribution in [3.63, 3.8) is 0 Å². The molecule has 1 aromatic heterocycles. The monoisotopic (exact) mass is 270 g/mol. The molecule has 102 valence electrons. The number of aromatic amines is 1. The number of nitrogens with zero attached hydrogens (tertiary/aromatic N) is 1. The molecule has 0 amide bonds. The van der Waals surface area contributed by atoms with Crippen molar-refractivity contribution in [2.75, 3.05) is 6.61 Å². The molecule has 0 fully saturated rings. The Morgan fingerprint density at radius 3 is 2.95 bits per heavy atom. The molecule has 0 aliphatic carbocycles. The SMILES string of the molecule is CC(=O)OC[C@@H]1C=C[C@H](n2cc(F)c(=O)[nH]c2=O)O1. The second-order valence-corrected chi connectivity index (χ2v) is 3.90. The first-order valence-electron chi connectivity index (χ1n) is 5.45. The van der Waals surface area contributed by atoms with Crippen LogP contribution in [0.4, 0.5) is 4.39 Å². The lowest BCUT2D eigenvalue weighted by Crippen LogP contribution is -2.34. The third-order valence-electron chi connectivity index (χ3n) is 2.45. The molecule has 0 bridgehead atoms. The summed E-state index contributed by atoms with van der Waals surface area (Å²) in [5, 5.41) is 0. The zero-order valence-corrected chi connectivity index (χ0v) is 9.96.